The Morgan fingerprint density at radius 2 is 1.79 bits per heavy atom. The van der Waals surface area contributed by atoms with Gasteiger partial charge in [-0.05, 0) is 24.6 Å². The predicted molar refractivity (Wildman–Crippen MR) is 65.8 cm³/mol. The van der Waals surface area contributed by atoms with Gasteiger partial charge in [-0.25, -0.2) is 0 Å². The molecule has 1 aromatic carbocycles. The first kappa shape index (κ1) is 13.5. The third-order valence-electron chi connectivity index (χ3n) is 2.77. The Labute approximate surface area is 108 Å². The molecule has 3 nitrogen and oxygen atoms in total. The minimum atomic E-state index is -4.47. The van der Waals surface area contributed by atoms with Crippen LogP contribution < -0.4 is 5.73 Å². The third-order valence-corrected chi connectivity index (χ3v) is 2.77. The van der Waals surface area contributed by atoms with Crippen molar-refractivity contribution in [3.05, 3.63) is 54.3 Å². The van der Waals surface area contributed by atoms with Crippen molar-refractivity contribution in [3.8, 4) is 0 Å². The first-order chi connectivity index (χ1) is 8.91. The molecule has 1 aliphatic rings. The van der Waals surface area contributed by atoms with Crippen molar-refractivity contribution >= 4 is 5.69 Å². The Balaban J connectivity index is 2.07. The van der Waals surface area contributed by atoms with Gasteiger partial charge >= 0.3 is 6.18 Å². The van der Waals surface area contributed by atoms with Gasteiger partial charge < -0.3 is 5.73 Å². The molecule has 0 saturated heterocycles. The van der Waals surface area contributed by atoms with Crippen LogP contribution in [-0.4, -0.2) is 11.7 Å². The van der Waals surface area contributed by atoms with Crippen LogP contribution in [0.3, 0.4) is 0 Å². The van der Waals surface area contributed by atoms with Crippen molar-refractivity contribution in [2.24, 2.45) is 16.0 Å². The number of hydrogen-bond acceptors (Lipinski definition) is 3. The number of nitrogens with zero attached hydrogens (tertiary/aromatic N) is 2. The van der Waals surface area contributed by atoms with Crippen LogP contribution in [0.25, 0.3) is 0 Å². The van der Waals surface area contributed by atoms with E-state index in [0.717, 1.165) is 6.08 Å². The molecule has 1 aromatic rings. The summed E-state index contributed by atoms with van der Waals surface area (Å²) in [5.41, 5.74) is 3.98. The summed E-state index contributed by atoms with van der Waals surface area (Å²) in [6, 6.07) is 8.94. The van der Waals surface area contributed by atoms with Gasteiger partial charge in [-0.3, -0.25) is 0 Å². The summed E-state index contributed by atoms with van der Waals surface area (Å²) in [4.78, 5) is 0. The minimum absolute atomic E-state index is 0.337. The second-order valence-corrected chi connectivity index (χ2v) is 4.24. The van der Waals surface area contributed by atoms with E-state index in [-0.39, 0.29) is 6.42 Å². The highest BCUT2D eigenvalue weighted by atomic mass is 19.4. The van der Waals surface area contributed by atoms with Crippen molar-refractivity contribution < 1.29 is 13.2 Å². The molecule has 2 rings (SSSR count). The van der Waals surface area contributed by atoms with E-state index in [1.807, 2.05) is 6.07 Å². The first-order valence-corrected chi connectivity index (χ1v) is 5.62. The van der Waals surface area contributed by atoms with Crippen LogP contribution in [0.5, 0.6) is 0 Å². The molecule has 0 aliphatic heterocycles. The minimum Gasteiger partial charge on any atom is -0.314 e. The Kier molecular flexibility index (Phi) is 3.53. The van der Waals surface area contributed by atoms with E-state index in [1.165, 1.54) is 12.2 Å². The standard InChI is InChI=1S/C13H12F3N3/c14-13(15,16)12(17)8-6-11(7-9-12)19-18-10-4-2-1-3-5-10/h1-8H,9,17H2. The number of benzene rings is 1. The molecule has 1 aliphatic carbocycles. The number of hydrogen-bond donors (Lipinski definition) is 1. The molecule has 100 valence electrons. The zero-order chi connectivity index (χ0) is 13.9. The summed E-state index contributed by atoms with van der Waals surface area (Å²) >= 11 is 0. The average Bonchev–Trinajstić information content (AvgIpc) is 2.38. The molecule has 6 heteroatoms. The second kappa shape index (κ2) is 4.97. The summed E-state index contributed by atoms with van der Waals surface area (Å²) in [6.07, 6.45) is -1.31. The predicted octanol–water partition coefficient (Wildman–Crippen LogP) is 3.87. The van der Waals surface area contributed by atoms with E-state index in [2.05, 4.69) is 10.2 Å². The lowest BCUT2D eigenvalue weighted by Crippen LogP contribution is -2.52. The maximum atomic E-state index is 12.6. The van der Waals surface area contributed by atoms with Crippen LogP contribution in [0.2, 0.25) is 0 Å². The van der Waals surface area contributed by atoms with E-state index in [1.54, 1.807) is 24.3 Å². The molecule has 0 amide bonds. The Morgan fingerprint density at radius 1 is 1.11 bits per heavy atom. The lowest BCUT2D eigenvalue weighted by Gasteiger charge is -2.29. The van der Waals surface area contributed by atoms with Gasteiger partial charge in [0, 0.05) is 0 Å². The van der Waals surface area contributed by atoms with Gasteiger partial charge in [-0.2, -0.15) is 23.4 Å². The fraction of sp³-hybridized carbons (Fsp3) is 0.231. The van der Waals surface area contributed by atoms with Crippen LogP contribution in [0.1, 0.15) is 6.42 Å². The molecular weight excluding hydrogens is 255 g/mol. The maximum absolute atomic E-state index is 12.6. The van der Waals surface area contributed by atoms with Gasteiger partial charge in [0.05, 0.1) is 11.4 Å². The largest absolute Gasteiger partial charge is 0.410 e. The van der Waals surface area contributed by atoms with E-state index < -0.39 is 11.7 Å². The van der Waals surface area contributed by atoms with Crippen LogP contribution in [0, 0.1) is 0 Å². The first-order valence-electron chi connectivity index (χ1n) is 5.62. The average molecular weight is 267 g/mol. The normalized spacial score (nSPS) is 23.7. The van der Waals surface area contributed by atoms with Crippen molar-refractivity contribution in [2.45, 2.75) is 18.1 Å². The van der Waals surface area contributed by atoms with Crippen LogP contribution >= 0.6 is 0 Å². The fourth-order valence-corrected chi connectivity index (χ4v) is 1.54. The summed E-state index contributed by atoms with van der Waals surface area (Å²) in [6.45, 7) is 0. The number of azo groups is 1. The summed E-state index contributed by atoms with van der Waals surface area (Å²) < 4.78 is 37.9. The molecule has 1 atom stereocenters. The van der Waals surface area contributed by atoms with E-state index in [9.17, 15) is 13.2 Å². The molecule has 1 unspecified atom stereocenters. The molecule has 2 N–H and O–H groups in total. The molecule has 0 bridgehead atoms. The Hall–Kier alpha value is -1.95. The zero-order valence-electron chi connectivity index (χ0n) is 9.93. The molecular formula is C13H12F3N3. The molecule has 0 radical (unpaired) electrons. The Morgan fingerprint density at radius 3 is 2.32 bits per heavy atom. The van der Waals surface area contributed by atoms with E-state index in [0.29, 0.717) is 11.4 Å². The lowest BCUT2D eigenvalue weighted by molar-refractivity contribution is -0.170. The molecule has 0 fully saturated rings. The molecule has 0 saturated carbocycles. The summed E-state index contributed by atoms with van der Waals surface area (Å²) in [5, 5.41) is 7.80. The number of alkyl halides is 3. The van der Waals surface area contributed by atoms with Gasteiger partial charge in [0.15, 0.2) is 0 Å². The van der Waals surface area contributed by atoms with Gasteiger partial charge in [0.2, 0.25) is 0 Å². The SMILES string of the molecule is NC1(C(F)(F)F)C=CC(N=Nc2ccccc2)=CC1. The smallest absolute Gasteiger partial charge is 0.314 e. The number of nitrogens with two attached hydrogens (primary N) is 1. The third kappa shape index (κ3) is 3.08. The topological polar surface area (TPSA) is 50.7 Å². The number of halogens is 3. The quantitative estimate of drug-likeness (QED) is 0.812. The Bertz CT molecular complexity index is 532. The summed E-state index contributed by atoms with van der Waals surface area (Å²) in [5.74, 6) is 0. The molecule has 0 heterocycles. The van der Waals surface area contributed by atoms with Gasteiger partial charge in [0.1, 0.15) is 5.54 Å². The van der Waals surface area contributed by atoms with Gasteiger partial charge in [0.25, 0.3) is 0 Å². The number of allylic oxidation sites excluding steroid dienone is 1. The van der Waals surface area contributed by atoms with Crippen molar-refractivity contribution in [3.63, 3.8) is 0 Å². The van der Waals surface area contributed by atoms with Gasteiger partial charge in [-0.15, -0.1) is 0 Å². The van der Waals surface area contributed by atoms with E-state index >= 15 is 0 Å². The highest BCUT2D eigenvalue weighted by molar-refractivity contribution is 5.36. The highest BCUT2D eigenvalue weighted by Gasteiger charge is 2.50. The maximum Gasteiger partial charge on any atom is 0.410 e. The van der Waals surface area contributed by atoms with Crippen LogP contribution in [0.4, 0.5) is 18.9 Å². The lowest BCUT2D eigenvalue weighted by atomic mass is 9.91. The molecule has 0 aromatic heterocycles. The van der Waals surface area contributed by atoms with Crippen molar-refractivity contribution in [1.82, 2.24) is 0 Å². The number of rotatable bonds is 2. The van der Waals surface area contributed by atoms with Crippen molar-refractivity contribution in [2.75, 3.05) is 0 Å². The molecule has 0 spiro atoms. The van der Waals surface area contributed by atoms with Crippen LogP contribution in [-0.2, 0) is 0 Å². The van der Waals surface area contributed by atoms with E-state index in [4.69, 9.17) is 5.73 Å². The van der Waals surface area contributed by atoms with Crippen LogP contribution in [0.15, 0.2) is 64.5 Å². The highest BCUT2D eigenvalue weighted by Crippen LogP contribution is 2.35. The molecule has 19 heavy (non-hydrogen) atoms. The monoisotopic (exact) mass is 267 g/mol. The fourth-order valence-electron chi connectivity index (χ4n) is 1.54. The summed E-state index contributed by atoms with van der Waals surface area (Å²) in [7, 11) is 0. The second-order valence-electron chi connectivity index (χ2n) is 4.24. The zero-order valence-corrected chi connectivity index (χ0v) is 9.93. The van der Waals surface area contributed by atoms with Gasteiger partial charge in [-0.1, -0.05) is 30.4 Å². The van der Waals surface area contributed by atoms with Crippen molar-refractivity contribution in [1.29, 1.82) is 0 Å².